The molecule has 1 aromatic carbocycles. The average molecular weight is 458 g/mol. The van der Waals surface area contributed by atoms with E-state index in [0.717, 1.165) is 68.5 Å². The molecule has 9 nitrogen and oxygen atoms in total. The van der Waals surface area contributed by atoms with Crippen LogP contribution in [0, 0.1) is 0 Å². The summed E-state index contributed by atoms with van der Waals surface area (Å²) in [5.41, 5.74) is 4.61. The number of carbonyl (C=O) groups excluding carboxylic acids is 1. The Hall–Kier alpha value is -3.56. The van der Waals surface area contributed by atoms with Crippen LogP contribution in [0.5, 0.6) is 0 Å². The summed E-state index contributed by atoms with van der Waals surface area (Å²) in [6.07, 6.45) is 6.45. The Labute approximate surface area is 198 Å². The van der Waals surface area contributed by atoms with E-state index in [9.17, 15) is 4.79 Å². The molecule has 0 radical (unpaired) electrons. The van der Waals surface area contributed by atoms with Crippen LogP contribution >= 0.6 is 0 Å². The average Bonchev–Trinajstić information content (AvgIpc) is 3.11. The van der Waals surface area contributed by atoms with Crippen LogP contribution in [0.2, 0.25) is 0 Å². The molecule has 3 aliphatic rings. The third-order valence-corrected chi connectivity index (χ3v) is 6.72. The smallest absolute Gasteiger partial charge is 0.323 e. The summed E-state index contributed by atoms with van der Waals surface area (Å²) >= 11 is 0. The monoisotopic (exact) mass is 457 g/mol. The minimum absolute atomic E-state index is 0.316. The SMILES string of the molecule is O=C(Nc1ccc(-c2nc3c(c(N4C5CCC4COC5)n2)CNCC3)cc1)Nc1cccnc1. The van der Waals surface area contributed by atoms with E-state index in [4.69, 9.17) is 14.7 Å². The van der Waals surface area contributed by atoms with Crippen molar-refractivity contribution in [2.75, 3.05) is 35.3 Å². The molecule has 34 heavy (non-hydrogen) atoms. The van der Waals surface area contributed by atoms with E-state index in [1.807, 2.05) is 24.3 Å². The molecule has 0 spiro atoms. The molecule has 2 aromatic heterocycles. The number of benzene rings is 1. The van der Waals surface area contributed by atoms with Crippen molar-refractivity contribution in [2.24, 2.45) is 0 Å². The molecule has 2 amide bonds. The zero-order valence-corrected chi connectivity index (χ0v) is 18.8. The lowest BCUT2D eigenvalue weighted by Gasteiger charge is -2.37. The minimum Gasteiger partial charge on any atom is -0.377 e. The van der Waals surface area contributed by atoms with E-state index < -0.39 is 0 Å². The molecule has 3 aromatic rings. The normalized spacial score (nSPS) is 21.1. The highest BCUT2D eigenvalue weighted by atomic mass is 16.5. The largest absolute Gasteiger partial charge is 0.377 e. The second-order valence-electron chi connectivity index (χ2n) is 8.95. The summed E-state index contributed by atoms with van der Waals surface area (Å²) in [4.78, 5) is 28.8. The maximum atomic E-state index is 12.3. The van der Waals surface area contributed by atoms with Gasteiger partial charge < -0.3 is 25.6 Å². The maximum absolute atomic E-state index is 12.3. The van der Waals surface area contributed by atoms with Gasteiger partial charge in [0.15, 0.2) is 5.82 Å². The summed E-state index contributed by atoms with van der Waals surface area (Å²) in [6, 6.07) is 11.7. The fraction of sp³-hybridized carbons (Fsp3) is 0.360. The number of pyridine rings is 1. The molecule has 2 bridgehead atoms. The van der Waals surface area contributed by atoms with Crippen molar-refractivity contribution in [1.29, 1.82) is 0 Å². The fourth-order valence-electron chi connectivity index (χ4n) is 5.08. The first-order valence-corrected chi connectivity index (χ1v) is 11.8. The standard InChI is InChI=1S/C25H27N7O2/c33-25(29-18-2-1-10-26-12-18)28-17-5-3-16(4-6-17)23-30-22-9-11-27-13-21(22)24(31-23)32-19-7-8-20(32)15-34-14-19/h1-6,10,12,19-20,27H,7-9,11,13-15H2,(H2,28,29,33). The second kappa shape index (κ2) is 9.00. The predicted molar refractivity (Wildman–Crippen MR) is 130 cm³/mol. The Morgan fingerprint density at radius 1 is 1.03 bits per heavy atom. The van der Waals surface area contributed by atoms with E-state index in [1.54, 1.807) is 24.5 Å². The lowest BCUT2D eigenvalue weighted by Crippen LogP contribution is -2.47. The molecule has 2 saturated heterocycles. The van der Waals surface area contributed by atoms with Gasteiger partial charge in [-0.1, -0.05) is 0 Å². The highest BCUT2D eigenvalue weighted by Gasteiger charge is 2.40. The van der Waals surface area contributed by atoms with Crippen LogP contribution in [0.4, 0.5) is 22.0 Å². The Bertz CT molecular complexity index is 1170. The molecule has 3 aliphatic heterocycles. The highest BCUT2D eigenvalue weighted by Crippen LogP contribution is 2.37. The lowest BCUT2D eigenvalue weighted by atomic mass is 10.1. The van der Waals surface area contributed by atoms with E-state index in [0.29, 0.717) is 23.5 Å². The number of carbonyl (C=O) groups is 1. The Morgan fingerprint density at radius 2 is 1.82 bits per heavy atom. The molecular weight excluding hydrogens is 430 g/mol. The molecule has 0 saturated carbocycles. The number of hydrogen-bond acceptors (Lipinski definition) is 7. The number of aromatic nitrogens is 3. The fourth-order valence-corrected chi connectivity index (χ4v) is 5.08. The van der Waals surface area contributed by atoms with Gasteiger partial charge in [0.25, 0.3) is 0 Å². The quantitative estimate of drug-likeness (QED) is 0.553. The topological polar surface area (TPSA) is 104 Å². The van der Waals surface area contributed by atoms with E-state index >= 15 is 0 Å². The third kappa shape index (κ3) is 4.08. The summed E-state index contributed by atoms with van der Waals surface area (Å²) in [5, 5.41) is 9.11. The van der Waals surface area contributed by atoms with Gasteiger partial charge in [0, 0.05) is 42.5 Å². The van der Waals surface area contributed by atoms with Gasteiger partial charge in [-0.3, -0.25) is 4.98 Å². The number of ether oxygens (including phenoxy) is 1. The first-order chi connectivity index (χ1) is 16.7. The second-order valence-corrected chi connectivity index (χ2v) is 8.95. The molecule has 2 fully saturated rings. The molecular formula is C25H27N7O2. The summed E-state index contributed by atoms with van der Waals surface area (Å²) < 4.78 is 5.81. The zero-order chi connectivity index (χ0) is 22.9. The highest BCUT2D eigenvalue weighted by molar-refractivity contribution is 5.99. The van der Waals surface area contributed by atoms with Crippen LogP contribution in [0.3, 0.4) is 0 Å². The minimum atomic E-state index is -0.316. The molecule has 5 heterocycles. The van der Waals surface area contributed by atoms with E-state index in [-0.39, 0.29) is 6.03 Å². The van der Waals surface area contributed by atoms with Crippen molar-refractivity contribution in [3.05, 3.63) is 60.0 Å². The lowest BCUT2D eigenvalue weighted by molar-refractivity contribution is 0.0901. The van der Waals surface area contributed by atoms with Gasteiger partial charge >= 0.3 is 6.03 Å². The number of rotatable bonds is 4. The van der Waals surface area contributed by atoms with Gasteiger partial charge in [0.05, 0.1) is 42.9 Å². The summed E-state index contributed by atoms with van der Waals surface area (Å²) in [5.74, 6) is 1.79. The molecule has 3 N–H and O–H groups in total. The Kier molecular flexibility index (Phi) is 5.56. The molecule has 2 unspecified atom stereocenters. The van der Waals surface area contributed by atoms with Crippen molar-refractivity contribution in [3.63, 3.8) is 0 Å². The first-order valence-electron chi connectivity index (χ1n) is 11.8. The van der Waals surface area contributed by atoms with E-state index in [1.165, 1.54) is 5.56 Å². The number of hydrogen-bond donors (Lipinski definition) is 3. The predicted octanol–water partition coefficient (Wildman–Crippen LogP) is 3.20. The third-order valence-electron chi connectivity index (χ3n) is 6.72. The number of morpholine rings is 1. The van der Waals surface area contributed by atoms with Gasteiger partial charge in [-0.25, -0.2) is 14.8 Å². The number of amides is 2. The summed E-state index contributed by atoms with van der Waals surface area (Å²) in [6.45, 7) is 3.25. The molecule has 6 rings (SSSR count). The van der Waals surface area contributed by atoms with Gasteiger partial charge in [-0.15, -0.1) is 0 Å². The summed E-state index contributed by atoms with van der Waals surface area (Å²) in [7, 11) is 0. The van der Waals surface area contributed by atoms with Crippen LogP contribution in [-0.4, -0.2) is 52.8 Å². The van der Waals surface area contributed by atoms with Crippen molar-refractivity contribution >= 4 is 23.2 Å². The van der Waals surface area contributed by atoms with Crippen LogP contribution in [0.15, 0.2) is 48.8 Å². The van der Waals surface area contributed by atoms with Crippen LogP contribution < -0.4 is 20.9 Å². The van der Waals surface area contributed by atoms with Crippen LogP contribution in [0.25, 0.3) is 11.4 Å². The van der Waals surface area contributed by atoms with Crippen molar-refractivity contribution in [1.82, 2.24) is 20.3 Å². The van der Waals surface area contributed by atoms with Gasteiger partial charge in [-0.2, -0.15) is 0 Å². The number of fused-ring (bicyclic) bond motifs is 3. The molecule has 174 valence electrons. The number of nitrogens with one attached hydrogen (secondary N) is 3. The van der Waals surface area contributed by atoms with Crippen molar-refractivity contribution in [3.8, 4) is 11.4 Å². The molecule has 2 atom stereocenters. The van der Waals surface area contributed by atoms with E-state index in [2.05, 4.69) is 25.8 Å². The van der Waals surface area contributed by atoms with Crippen LogP contribution in [-0.2, 0) is 17.7 Å². The Balaban J connectivity index is 1.25. The van der Waals surface area contributed by atoms with Crippen molar-refractivity contribution < 1.29 is 9.53 Å². The van der Waals surface area contributed by atoms with Crippen molar-refractivity contribution in [2.45, 2.75) is 37.9 Å². The number of anilines is 3. The maximum Gasteiger partial charge on any atom is 0.323 e. The van der Waals surface area contributed by atoms with Gasteiger partial charge in [0.1, 0.15) is 5.82 Å². The van der Waals surface area contributed by atoms with Gasteiger partial charge in [0.2, 0.25) is 0 Å². The first kappa shape index (κ1) is 21.0. The molecule has 0 aliphatic carbocycles. The van der Waals surface area contributed by atoms with Gasteiger partial charge in [-0.05, 0) is 49.2 Å². The molecule has 9 heteroatoms. The Morgan fingerprint density at radius 3 is 2.59 bits per heavy atom. The zero-order valence-electron chi connectivity index (χ0n) is 18.8. The number of nitrogens with zero attached hydrogens (tertiary/aromatic N) is 4. The van der Waals surface area contributed by atoms with Crippen LogP contribution in [0.1, 0.15) is 24.1 Å². The number of urea groups is 1.